The molecule has 0 aliphatic heterocycles. The number of esters is 1. The van der Waals surface area contributed by atoms with Gasteiger partial charge in [0.1, 0.15) is 5.75 Å². The molecule has 10 nitrogen and oxygen atoms in total. The molecule has 0 aliphatic rings. The van der Waals surface area contributed by atoms with Crippen molar-refractivity contribution in [3.05, 3.63) is 58.1 Å². The van der Waals surface area contributed by atoms with Crippen LogP contribution in [0.25, 0.3) is 0 Å². The summed E-state index contributed by atoms with van der Waals surface area (Å²) in [5.74, 6) is -2.31. The van der Waals surface area contributed by atoms with Crippen molar-refractivity contribution >= 4 is 28.9 Å². The molecule has 0 saturated carbocycles. The molecule has 0 radical (unpaired) electrons. The minimum Gasteiger partial charge on any atom is -0.452 e. The highest BCUT2D eigenvalue weighted by molar-refractivity contribution is 5.99. The summed E-state index contributed by atoms with van der Waals surface area (Å²) in [5, 5.41) is 24.8. The maximum absolute atomic E-state index is 12.3. The normalized spacial score (nSPS) is 10.8. The molecular formula is C18H16F3N3O7. The largest absolute Gasteiger partial charge is 0.573 e. The second kappa shape index (κ2) is 10.2. The van der Waals surface area contributed by atoms with Crippen LogP contribution in [0.3, 0.4) is 0 Å². The van der Waals surface area contributed by atoms with Crippen LogP contribution >= 0.6 is 0 Å². The molecule has 0 fully saturated rings. The topological polar surface area (TPSA) is 140 Å². The van der Waals surface area contributed by atoms with Gasteiger partial charge in [-0.15, -0.1) is 13.2 Å². The second-order valence-corrected chi connectivity index (χ2v) is 5.83. The predicted octanol–water partition coefficient (Wildman–Crippen LogP) is 2.69. The fourth-order valence-electron chi connectivity index (χ4n) is 2.31. The average molecular weight is 443 g/mol. The number of nitro groups is 1. The predicted molar refractivity (Wildman–Crippen MR) is 101 cm³/mol. The number of alkyl halides is 3. The highest BCUT2D eigenvalue weighted by Crippen LogP contribution is 2.24. The molecule has 0 bridgehead atoms. The fourth-order valence-corrected chi connectivity index (χ4v) is 2.31. The third-order valence-electron chi connectivity index (χ3n) is 3.57. The first-order valence-electron chi connectivity index (χ1n) is 8.55. The van der Waals surface area contributed by atoms with Crippen LogP contribution in [0.1, 0.15) is 10.4 Å². The number of benzene rings is 2. The highest BCUT2D eigenvalue weighted by Gasteiger charge is 2.31. The van der Waals surface area contributed by atoms with E-state index >= 15 is 0 Å². The number of carbonyl (C=O) groups is 2. The number of hydrogen-bond donors (Lipinski definition) is 3. The van der Waals surface area contributed by atoms with Gasteiger partial charge in [0.2, 0.25) is 0 Å². The summed E-state index contributed by atoms with van der Waals surface area (Å²) in [7, 11) is 0. The fraction of sp³-hybridized carbons (Fsp3) is 0.222. The number of amides is 1. The molecule has 2 aromatic rings. The lowest BCUT2D eigenvalue weighted by molar-refractivity contribution is -0.384. The van der Waals surface area contributed by atoms with Crippen LogP contribution in [-0.4, -0.2) is 48.0 Å². The Morgan fingerprint density at radius 1 is 1.13 bits per heavy atom. The third-order valence-corrected chi connectivity index (χ3v) is 3.57. The molecule has 0 atom stereocenters. The molecule has 0 aliphatic carbocycles. The number of ether oxygens (including phenoxy) is 2. The molecule has 166 valence electrons. The maximum atomic E-state index is 12.3. The molecule has 2 rings (SSSR count). The Hall–Kier alpha value is -3.87. The van der Waals surface area contributed by atoms with Gasteiger partial charge in [0.05, 0.1) is 17.1 Å². The summed E-state index contributed by atoms with van der Waals surface area (Å²) >= 11 is 0. The summed E-state index contributed by atoms with van der Waals surface area (Å²) < 4.78 is 45.0. The van der Waals surface area contributed by atoms with Gasteiger partial charge < -0.3 is 25.2 Å². The van der Waals surface area contributed by atoms with Crippen LogP contribution in [0.15, 0.2) is 42.5 Å². The van der Waals surface area contributed by atoms with Crippen molar-refractivity contribution in [2.45, 2.75) is 6.36 Å². The number of anilines is 2. The van der Waals surface area contributed by atoms with E-state index in [1.165, 1.54) is 6.07 Å². The van der Waals surface area contributed by atoms with E-state index in [-0.39, 0.29) is 35.8 Å². The standard InChI is InChI=1S/C18H16F3N3O7/c19-18(20,21)31-13-4-1-11(2-5-13)23-16(26)10-30-17(27)14-9-12(24(28)29)3-6-15(14)22-7-8-25/h1-6,9,22,25H,7-8,10H2,(H,23,26). The zero-order valence-corrected chi connectivity index (χ0v) is 15.6. The van der Waals surface area contributed by atoms with Crippen LogP contribution < -0.4 is 15.4 Å². The Morgan fingerprint density at radius 3 is 2.39 bits per heavy atom. The van der Waals surface area contributed by atoms with E-state index in [1.807, 2.05) is 0 Å². The third kappa shape index (κ3) is 7.47. The van der Waals surface area contributed by atoms with E-state index in [0.717, 1.165) is 36.4 Å². The Labute approximate surface area is 172 Å². The lowest BCUT2D eigenvalue weighted by atomic mass is 10.1. The monoisotopic (exact) mass is 443 g/mol. The number of non-ortho nitro benzene ring substituents is 1. The molecule has 1 amide bonds. The number of halogens is 3. The van der Waals surface area contributed by atoms with E-state index < -0.39 is 35.5 Å². The lowest BCUT2D eigenvalue weighted by Crippen LogP contribution is -2.22. The Kier molecular flexibility index (Phi) is 7.74. The Morgan fingerprint density at radius 2 is 1.81 bits per heavy atom. The van der Waals surface area contributed by atoms with Gasteiger partial charge in [0, 0.05) is 30.1 Å². The van der Waals surface area contributed by atoms with Crippen molar-refractivity contribution in [1.29, 1.82) is 0 Å². The van der Waals surface area contributed by atoms with Crippen molar-refractivity contribution in [3.8, 4) is 5.75 Å². The first-order valence-corrected chi connectivity index (χ1v) is 8.55. The molecule has 13 heteroatoms. The molecule has 31 heavy (non-hydrogen) atoms. The van der Waals surface area contributed by atoms with Crippen LogP contribution in [0.4, 0.5) is 30.2 Å². The number of nitro benzene ring substituents is 1. The molecule has 0 heterocycles. The van der Waals surface area contributed by atoms with Crippen LogP contribution in [-0.2, 0) is 9.53 Å². The lowest BCUT2D eigenvalue weighted by Gasteiger charge is -2.12. The van der Waals surface area contributed by atoms with Crippen molar-refractivity contribution in [1.82, 2.24) is 0 Å². The first kappa shape index (κ1) is 23.4. The van der Waals surface area contributed by atoms with E-state index in [0.29, 0.717) is 0 Å². The summed E-state index contributed by atoms with van der Waals surface area (Å²) in [5.41, 5.74) is -0.322. The Balaban J connectivity index is 1.99. The van der Waals surface area contributed by atoms with Crippen molar-refractivity contribution in [2.75, 3.05) is 30.4 Å². The van der Waals surface area contributed by atoms with Crippen molar-refractivity contribution < 1.29 is 42.3 Å². The maximum Gasteiger partial charge on any atom is 0.573 e. The quantitative estimate of drug-likeness (QED) is 0.305. The van der Waals surface area contributed by atoms with Gasteiger partial charge in [-0.2, -0.15) is 0 Å². The number of nitrogens with one attached hydrogen (secondary N) is 2. The molecule has 0 saturated heterocycles. The van der Waals surface area contributed by atoms with Gasteiger partial charge in [-0.05, 0) is 30.3 Å². The molecule has 0 spiro atoms. The molecule has 2 aromatic carbocycles. The van der Waals surface area contributed by atoms with Gasteiger partial charge in [0.15, 0.2) is 6.61 Å². The second-order valence-electron chi connectivity index (χ2n) is 5.83. The number of carbonyl (C=O) groups excluding carboxylic acids is 2. The molecule has 3 N–H and O–H groups in total. The van der Waals surface area contributed by atoms with Crippen LogP contribution in [0, 0.1) is 10.1 Å². The number of nitrogens with zero attached hydrogens (tertiary/aromatic N) is 1. The summed E-state index contributed by atoms with van der Waals surface area (Å²) in [6.45, 7) is -0.963. The molecule has 0 unspecified atom stereocenters. The highest BCUT2D eigenvalue weighted by atomic mass is 19.4. The molecular weight excluding hydrogens is 427 g/mol. The zero-order valence-electron chi connectivity index (χ0n) is 15.6. The van der Waals surface area contributed by atoms with Crippen molar-refractivity contribution in [3.63, 3.8) is 0 Å². The minimum atomic E-state index is -4.85. The van der Waals surface area contributed by atoms with Gasteiger partial charge in [-0.1, -0.05) is 0 Å². The number of aliphatic hydroxyl groups is 1. The van der Waals surface area contributed by atoms with Crippen LogP contribution in [0.5, 0.6) is 5.75 Å². The summed E-state index contributed by atoms with van der Waals surface area (Å²) in [6.07, 6.45) is -4.85. The summed E-state index contributed by atoms with van der Waals surface area (Å²) in [4.78, 5) is 34.4. The number of hydrogen-bond acceptors (Lipinski definition) is 8. The number of aliphatic hydroxyl groups excluding tert-OH is 1. The minimum absolute atomic E-state index is 0.0621. The van der Waals surface area contributed by atoms with Gasteiger partial charge in [0.25, 0.3) is 11.6 Å². The molecule has 0 aromatic heterocycles. The van der Waals surface area contributed by atoms with E-state index in [1.54, 1.807) is 0 Å². The van der Waals surface area contributed by atoms with E-state index in [9.17, 15) is 32.9 Å². The number of rotatable bonds is 9. The Bertz CT molecular complexity index is 949. The van der Waals surface area contributed by atoms with Gasteiger partial charge in [-0.25, -0.2) is 4.79 Å². The van der Waals surface area contributed by atoms with Gasteiger partial charge >= 0.3 is 12.3 Å². The first-order chi connectivity index (χ1) is 14.6. The smallest absolute Gasteiger partial charge is 0.452 e. The van der Waals surface area contributed by atoms with Crippen LogP contribution in [0.2, 0.25) is 0 Å². The SMILES string of the molecule is O=C(COC(=O)c1cc([N+](=O)[O-])ccc1NCCO)Nc1ccc(OC(F)(F)F)cc1. The van der Waals surface area contributed by atoms with E-state index in [2.05, 4.69) is 15.4 Å². The van der Waals surface area contributed by atoms with Gasteiger partial charge in [-0.3, -0.25) is 14.9 Å². The summed E-state index contributed by atoms with van der Waals surface area (Å²) in [6, 6.07) is 7.63. The van der Waals surface area contributed by atoms with Crippen molar-refractivity contribution in [2.24, 2.45) is 0 Å². The van der Waals surface area contributed by atoms with E-state index in [4.69, 9.17) is 9.84 Å². The zero-order chi connectivity index (χ0) is 23.0. The average Bonchev–Trinajstić information content (AvgIpc) is 2.70.